The highest BCUT2D eigenvalue weighted by Crippen LogP contribution is 2.52. The molecule has 3 heteroatoms. The molecule has 2 atom stereocenters. The summed E-state index contributed by atoms with van der Waals surface area (Å²) in [6, 6.07) is 13.5. The van der Waals surface area contributed by atoms with Crippen LogP contribution in [-0.4, -0.2) is 48.6 Å². The number of nitrogens with zero attached hydrogens (tertiary/aromatic N) is 3. The maximum atomic E-state index is 9.21. The lowest BCUT2D eigenvalue weighted by atomic mass is 9.81. The summed E-state index contributed by atoms with van der Waals surface area (Å²) >= 11 is 0. The van der Waals surface area contributed by atoms with Crippen molar-refractivity contribution in [1.82, 2.24) is 9.80 Å². The van der Waals surface area contributed by atoms with Crippen molar-refractivity contribution in [2.75, 3.05) is 33.2 Å². The lowest BCUT2D eigenvalue weighted by Crippen LogP contribution is -2.69. The molecule has 0 amide bonds. The van der Waals surface area contributed by atoms with Crippen LogP contribution in [0.15, 0.2) is 30.3 Å². The number of benzene rings is 1. The molecule has 1 saturated carbocycles. The summed E-state index contributed by atoms with van der Waals surface area (Å²) < 4.78 is 0. The molecule has 3 aliphatic rings. The largest absolute Gasteiger partial charge is 0.303 e. The molecular formula is C21H29N3. The lowest BCUT2D eigenvalue weighted by molar-refractivity contribution is -0.0551. The fourth-order valence-corrected chi connectivity index (χ4v) is 5.22. The van der Waals surface area contributed by atoms with E-state index in [1.54, 1.807) is 5.56 Å². The zero-order chi connectivity index (χ0) is 16.6. The van der Waals surface area contributed by atoms with Crippen molar-refractivity contribution in [3.63, 3.8) is 0 Å². The maximum absolute atomic E-state index is 9.21. The van der Waals surface area contributed by atoms with Crippen LogP contribution >= 0.6 is 0 Å². The number of hydrogen-bond donors (Lipinski definition) is 0. The molecule has 24 heavy (non-hydrogen) atoms. The molecule has 0 bridgehead atoms. The molecule has 4 rings (SSSR count). The second-order valence-electron chi connectivity index (χ2n) is 8.41. The third-order valence-electron chi connectivity index (χ3n) is 6.61. The number of likely N-dealkylation sites (N-methyl/N-ethyl adjacent to an activating group) is 1. The number of rotatable bonds is 5. The van der Waals surface area contributed by atoms with Gasteiger partial charge in [-0.2, -0.15) is 5.26 Å². The number of nitriles is 1. The fourth-order valence-electron chi connectivity index (χ4n) is 5.22. The first kappa shape index (κ1) is 16.1. The van der Waals surface area contributed by atoms with E-state index in [2.05, 4.69) is 53.2 Å². The highest BCUT2D eigenvalue weighted by Gasteiger charge is 2.47. The number of piperidine rings is 1. The van der Waals surface area contributed by atoms with E-state index in [0.29, 0.717) is 6.42 Å². The molecule has 0 aromatic heterocycles. The first-order chi connectivity index (χ1) is 11.7. The van der Waals surface area contributed by atoms with Crippen LogP contribution in [-0.2, 0) is 0 Å². The minimum atomic E-state index is 0.167. The van der Waals surface area contributed by atoms with Gasteiger partial charge in [0.1, 0.15) is 0 Å². The molecular weight excluding hydrogens is 294 g/mol. The average molecular weight is 323 g/mol. The predicted octanol–water partition coefficient (Wildman–Crippen LogP) is 3.49. The van der Waals surface area contributed by atoms with Gasteiger partial charge in [0.25, 0.3) is 0 Å². The van der Waals surface area contributed by atoms with Crippen LogP contribution in [0.25, 0.3) is 0 Å². The quantitative estimate of drug-likeness (QED) is 0.831. The molecule has 1 aromatic rings. The van der Waals surface area contributed by atoms with Crippen LogP contribution < -0.4 is 0 Å². The molecule has 3 fully saturated rings. The van der Waals surface area contributed by atoms with E-state index >= 15 is 0 Å². The van der Waals surface area contributed by atoms with E-state index in [1.165, 1.54) is 38.8 Å². The van der Waals surface area contributed by atoms with Crippen molar-refractivity contribution in [3.05, 3.63) is 35.9 Å². The lowest BCUT2D eigenvalue weighted by Gasteiger charge is -2.55. The molecule has 0 N–H and O–H groups in total. The van der Waals surface area contributed by atoms with Crippen LogP contribution in [0.2, 0.25) is 0 Å². The molecule has 1 aromatic carbocycles. The number of likely N-dealkylation sites (tertiary alicyclic amines) is 2. The second-order valence-corrected chi connectivity index (χ2v) is 8.41. The van der Waals surface area contributed by atoms with Crippen molar-refractivity contribution in [2.24, 2.45) is 11.8 Å². The highest BCUT2D eigenvalue weighted by molar-refractivity contribution is 5.25. The van der Waals surface area contributed by atoms with Gasteiger partial charge in [-0.1, -0.05) is 30.3 Å². The second kappa shape index (κ2) is 6.50. The average Bonchev–Trinajstić information content (AvgIpc) is 3.34. The minimum Gasteiger partial charge on any atom is -0.303 e. The molecule has 3 nitrogen and oxygen atoms in total. The molecule has 128 valence electrons. The Morgan fingerprint density at radius 3 is 2.50 bits per heavy atom. The van der Waals surface area contributed by atoms with Gasteiger partial charge in [0, 0.05) is 13.1 Å². The maximum Gasteiger partial charge on any atom is 0.0642 e. The Balaban J connectivity index is 1.26. The molecule has 2 aliphatic heterocycles. The molecule has 0 radical (unpaired) electrons. The SMILES string of the molecule is CN1CC(CC#N)(N2CCC(C[C@@H]3CC3c3ccccc3)CC2)C1. The summed E-state index contributed by atoms with van der Waals surface area (Å²) in [7, 11) is 2.17. The Labute approximate surface area is 146 Å². The molecule has 1 aliphatic carbocycles. The third kappa shape index (κ3) is 3.10. The monoisotopic (exact) mass is 323 g/mol. The van der Waals surface area contributed by atoms with Gasteiger partial charge >= 0.3 is 0 Å². The van der Waals surface area contributed by atoms with Gasteiger partial charge in [0.2, 0.25) is 0 Å². The van der Waals surface area contributed by atoms with E-state index in [0.717, 1.165) is 30.8 Å². The van der Waals surface area contributed by atoms with Gasteiger partial charge in [-0.05, 0) is 69.1 Å². The van der Waals surface area contributed by atoms with E-state index in [-0.39, 0.29) is 5.54 Å². The standard InChI is InChI=1S/C21H29N3/c1-23-15-21(16-23,9-10-22)24-11-7-17(8-12-24)13-19-14-20(19)18-5-3-2-4-6-18/h2-6,17,19-20H,7-9,11-16H2,1H3/t19-,20?/m1/s1. The summed E-state index contributed by atoms with van der Waals surface area (Å²) in [4.78, 5) is 4.98. The van der Waals surface area contributed by atoms with E-state index in [4.69, 9.17) is 0 Å². The van der Waals surface area contributed by atoms with Crippen molar-refractivity contribution in [3.8, 4) is 6.07 Å². The summed E-state index contributed by atoms with van der Waals surface area (Å²) in [6.45, 7) is 4.54. The predicted molar refractivity (Wildman–Crippen MR) is 96.7 cm³/mol. The van der Waals surface area contributed by atoms with Crippen molar-refractivity contribution in [2.45, 2.75) is 43.6 Å². The first-order valence-electron chi connectivity index (χ1n) is 9.56. The van der Waals surface area contributed by atoms with E-state index in [9.17, 15) is 5.26 Å². The summed E-state index contributed by atoms with van der Waals surface area (Å²) in [5.74, 6) is 2.65. The van der Waals surface area contributed by atoms with Gasteiger partial charge in [-0.15, -0.1) is 0 Å². The highest BCUT2D eigenvalue weighted by atomic mass is 15.3. The normalized spacial score (nSPS) is 30.5. The number of hydrogen-bond acceptors (Lipinski definition) is 3. The van der Waals surface area contributed by atoms with Crippen LogP contribution in [0.1, 0.15) is 43.6 Å². The van der Waals surface area contributed by atoms with Gasteiger partial charge < -0.3 is 4.90 Å². The van der Waals surface area contributed by atoms with Crippen LogP contribution in [0.5, 0.6) is 0 Å². The van der Waals surface area contributed by atoms with Gasteiger partial charge in [0.15, 0.2) is 0 Å². The van der Waals surface area contributed by atoms with Crippen LogP contribution in [0.4, 0.5) is 0 Å². The molecule has 2 saturated heterocycles. The van der Waals surface area contributed by atoms with Crippen molar-refractivity contribution < 1.29 is 0 Å². The Bertz CT molecular complexity index is 591. The molecule has 0 spiro atoms. The Kier molecular flexibility index (Phi) is 4.37. The fraction of sp³-hybridized carbons (Fsp3) is 0.667. The van der Waals surface area contributed by atoms with Crippen molar-refractivity contribution in [1.29, 1.82) is 5.26 Å². The zero-order valence-corrected chi connectivity index (χ0v) is 14.8. The molecule has 2 heterocycles. The smallest absolute Gasteiger partial charge is 0.0642 e. The Morgan fingerprint density at radius 1 is 1.17 bits per heavy atom. The third-order valence-corrected chi connectivity index (χ3v) is 6.61. The minimum absolute atomic E-state index is 0.167. The van der Waals surface area contributed by atoms with Crippen molar-refractivity contribution >= 4 is 0 Å². The van der Waals surface area contributed by atoms with Crippen LogP contribution in [0.3, 0.4) is 0 Å². The summed E-state index contributed by atoms with van der Waals surface area (Å²) in [5.41, 5.74) is 1.71. The first-order valence-corrected chi connectivity index (χ1v) is 9.56. The van der Waals surface area contributed by atoms with E-state index in [1.807, 2.05) is 0 Å². The summed E-state index contributed by atoms with van der Waals surface area (Å²) in [6.07, 6.45) is 6.16. The zero-order valence-electron chi connectivity index (χ0n) is 14.8. The van der Waals surface area contributed by atoms with E-state index < -0.39 is 0 Å². The Morgan fingerprint density at radius 2 is 1.88 bits per heavy atom. The molecule has 1 unspecified atom stereocenters. The van der Waals surface area contributed by atoms with Gasteiger partial charge in [-0.3, -0.25) is 4.90 Å². The van der Waals surface area contributed by atoms with Crippen LogP contribution in [0, 0.1) is 23.2 Å². The summed E-state index contributed by atoms with van der Waals surface area (Å²) in [5, 5.41) is 9.21. The van der Waals surface area contributed by atoms with Gasteiger partial charge in [-0.25, -0.2) is 0 Å². The topological polar surface area (TPSA) is 30.3 Å². The van der Waals surface area contributed by atoms with Gasteiger partial charge in [0.05, 0.1) is 18.0 Å². The Hall–Kier alpha value is -1.37.